The Bertz CT molecular complexity index is 733. The summed E-state index contributed by atoms with van der Waals surface area (Å²) in [5.74, 6) is 0.199. The maximum Gasteiger partial charge on any atom is 0.186 e. The smallest absolute Gasteiger partial charge is 0.186 e. The summed E-state index contributed by atoms with van der Waals surface area (Å²) in [7, 11) is 0. The number of rotatable bonds is 0. The lowest BCUT2D eigenvalue weighted by Gasteiger charge is -2.31. The summed E-state index contributed by atoms with van der Waals surface area (Å²) >= 11 is 3.62. The Morgan fingerprint density at radius 3 is 1.54 bits per heavy atom. The first-order valence-electron chi connectivity index (χ1n) is 8.25. The third-order valence-corrected chi connectivity index (χ3v) is 6.82. The van der Waals surface area contributed by atoms with Crippen molar-refractivity contribution in [3.05, 3.63) is 57.4 Å². The predicted octanol–water partition coefficient (Wildman–Crippen LogP) is 6.62. The molecule has 2 aliphatic rings. The van der Waals surface area contributed by atoms with Crippen LogP contribution in [0.25, 0.3) is 0 Å². The summed E-state index contributed by atoms with van der Waals surface area (Å²) in [6.45, 7) is 12.7. The van der Waals surface area contributed by atoms with Crippen LogP contribution in [0.1, 0.15) is 41.5 Å². The molecule has 1 heterocycles. The number of allylic oxidation sites excluding steroid dienone is 5. The van der Waals surface area contributed by atoms with Gasteiger partial charge in [0.25, 0.3) is 0 Å². The average molecular weight is 357 g/mol. The summed E-state index contributed by atoms with van der Waals surface area (Å²) in [6, 6.07) is 8.49. The molecule has 3 rings (SSSR count). The molecule has 3 heteroatoms. The Labute approximate surface area is 153 Å². The summed E-state index contributed by atoms with van der Waals surface area (Å²) < 4.78 is 1.27. The molecule has 126 valence electrons. The standard InChI is InChI=1S/C21H24OS2/c1-20(2,3)14-11-13(12-15(18(14)22)21(4,5)6)19-23-16-9-7-8-10-17(16)24-19/h7-12H,1-6H3. The third kappa shape index (κ3) is 3.29. The van der Waals surface area contributed by atoms with Crippen molar-refractivity contribution in [3.63, 3.8) is 0 Å². The van der Waals surface area contributed by atoms with E-state index in [1.54, 1.807) is 0 Å². The zero-order valence-corrected chi connectivity index (χ0v) is 16.8. The maximum absolute atomic E-state index is 13.0. The Morgan fingerprint density at radius 1 is 0.750 bits per heavy atom. The molecule has 0 radical (unpaired) electrons. The van der Waals surface area contributed by atoms with Crippen LogP contribution >= 0.6 is 23.5 Å². The lowest BCUT2D eigenvalue weighted by molar-refractivity contribution is -0.114. The molecule has 0 amide bonds. The van der Waals surface area contributed by atoms with E-state index in [0.29, 0.717) is 0 Å². The van der Waals surface area contributed by atoms with Crippen LogP contribution in [-0.4, -0.2) is 5.78 Å². The van der Waals surface area contributed by atoms with E-state index >= 15 is 0 Å². The lowest BCUT2D eigenvalue weighted by Crippen LogP contribution is -2.28. The monoisotopic (exact) mass is 356 g/mol. The van der Waals surface area contributed by atoms with Gasteiger partial charge in [-0.25, -0.2) is 0 Å². The molecule has 0 unspecified atom stereocenters. The second-order valence-corrected chi connectivity index (χ2v) is 10.7. The number of Topliss-reactive ketones (excluding diaryl/α,β-unsaturated/α-hetero) is 1. The minimum Gasteiger partial charge on any atom is -0.289 e. The van der Waals surface area contributed by atoms with Gasteiger partial charge in [-0.3, -0.25) is 4.79 Å². The molecule has 1 nitrogen and oxygen atoms in total. The highest BCUT2D eigenvalue weighted by molar-refractivity contribution is 8.24. The highest BCUT2D eigenvalue weighted by atomic mass is 32.2. The molecule has 0 saturated carbocycles. The molecule has 0 spiro atoms. The van der Waals surface area contributed by atoms with Gasteiger partial charge in [-0.15, -0.1) is 0 Å². The minimum atomic E-state index is -0.158. The Balaban J connectivity index is 2.13. The number of carbonyl (C=O) groups excluding carboxylic acids is 1. The van der Waals surface area contributed by atoms with Gasteiger partial charge in [0, 0.05) is 20.9 Å². The lowest BCUT2D eigenvalue weighted by atomic mass is 9.72. The number of carbonyl (C=O) groups is 1. The highest BCUT2D eigenvalue weighted by Gasteiger charge is 2.35. The van der Waals surface area contributed by atoms with Gasteiger partial charge >= 0.3 is 0 Å². The zero-order valence-electron chi connectivity index (χ0n) is 15.2. The predicted molar refractivity (Wildman–Crippen MR) is 105 cm³/mol. The minimum absolute atomic E-state index is 0.158. The Morgan fingerprint density at radius 2 is 1.17 bits per heavy atom. The summed E-state index contributed by atoms with van der Waals surface area (Å²) in [5.41, 5.74) is 2.68. The molecule has 24 heavy (non-hydrogen) atoms. The van der Waals surface area contributed by atoms with Gasteiger partial charge in [0.05, 0.1) is 4.24 Å². The fourth-order valence-electron chi connectivity index (χ4n) is 2.82. The fourth-order valence-corrected chi connectivity index (χ4v) is 5.27. The summed E-state index contributed by atoms with van der Waals surface area (Å²) in [4.78, 5) is 15.6. The quantitative estimate of drug-likeness (QED) is 0.520. The van der Waals surface area contributed by atoms with Gasteiger partial charge in [0.15, 0.2) is 5.78 Å². The van der Waals surface area contributed by atoms with E-state index in [1.165, 1.54) is 19.6 Å². The Hall–Kier alpha value is -1.19. The van der Waals surface area contributed by atoms with E-state index in [4.69, 9.17) is 0 Å². The molecule has 0 bridgehead atoms. The second-order valence-electron chi connectivity index (χ2n) is 8.34. The van der Waals surface area contributed by atoms with Crippen molar-refractivity contribution >= 4 is 29.3 Å². The van der Waals surface area contributed by atoms with Crippen LogP contribution in [-0.2, 0) is 4.79 Å². The molecule has 1 aromatic rings. The van der Waals surface area contributed by atoms with Gasteiger partial charge in [-0.05, 0) is 40.7 Å². The van der Waals surface area contributed by atoms with Crippen LogP contribution < -0.4 is 0 Å². The number of hydrogen-bond acceptors (Lipinski definition) is 3. The second kappa shape index (κ2) is 5.96. The van der Waals surface area contributed by atoms with Crippen LogP contribution in [0.4, 0.5) is 0 Å². The van der Waals surface area contributed by atoms with Gasteiger partial charge < -0.3 is 0 Å². The molecule has 0 saturated heterocycles. The van der Waals surface area contributed by atoms with Gasteiger partial charge in [-0.2, -0.15) is 0 Å². The summed E-state index contributed by atoms with van der Waals surface area (Å²) in [6.07, 6.45) is 4.22. The van der Waals surface area contributed by atoms with Crippen molar-refractivity contribution < 1.29 is 4.79 Å². The van der Waals surface area contributed by atoms with Crippen molar-refractivity contribution in [2.24, 2.45) is 10.8 Å². The van der Waals surface area contributed by atoms with E-state index in [-0.39, 0.29) is 16.6 Å². The van der Waals surface area contributed by atoms with Crippen molar-refractivity contribution in [2.75, 3.05) is 0 Å². The largest absolute Gasteiger partial charge is 0.289 e. The number of thioether (sulfide) groups is 2. The molecule has 1 aliphatic heterocycles. The molecule has 1 aliphatic carbocycles. The first-order valence-corrected chi connectivity index (χ1v) is 9.89. The van der Waals surface area contributed by atoms with Crippen LogP contribution in [0.15, 0.2) is 67.2 Å². The normalized spacial score (nSPS) is 18.5. The van der Waals surface area contributed by atoms with Crippen LogP contribution in [0.2, 0.25) is 0 Å². The number of ketones is 1. The van der Waals surface area contributed by atoms with Crippen molar-refractivity contribution in [1.82, 2.24) is 0 Å². The van der Waals surface area contributed by atoms with Gasteiger partial charge in [0.1, 0.15) is 0 Å². The van der Waals surface area contributed by atoms with E-state index in [2.05, 4.69) is 78.0 Å². The SMILES string of the molecule is CC(C)(C)C1=CC(=C2Sc3ccccc3S2)C=C(C(C)(C)C)C1=O. The van der Waals surface area contributed by atoms with Gasteiger partial charge in [-0.1, -0.05) is 77.2 Å². The fraction of sp³-hybridized carbons (Fsp3) is 0.381. The maximum atomic E-state index is 13.0. The topological polar surface area (TPSA) is 17.1 Å². The number of fused-ring (bicyclic) bond motifs is 1. The molecule has 1 aromatic carbocycles. The number of benzene rings is 1. The molecule has 0 fully saturated rings. The molecular weight excluding hydrogens is 332 g/mol. The Kier molecular flexibility index (Phi) is 4.38. The molecule has 0 N–H and O–H groups in total. The van der Waals surface area contributed by atoms with Crippen LogP contribution in [0, 0.1) is 10.8 Å². The van der Waals surface area contributed by atoms with Crippen molar-refractivity contribution in [2.45, 2.75) is 51.3 Å². The first kappa shape index (κ1) is 17.6. The third-order valence-electron chi connectivity index (χ3n) is 4.20. The molecule has 0 atom stereocenters. The van der Waals surface area contributed by atoms with E-state index in [0.717, 1.165) is 11.1 Å². The zero-order chi connectivity index (χ0) is 17.7. The first-order chi connectivity index (χ1) is 11.1. The van der Waals surface area contributed by atoms with Crippen LogP contribution in [0.5, 0.6) is 0 Å². The van der Waals surface area contributed by atoms with E-state index in [1.807, 2.05) is 23.5 Å². The van der Waals surface area contributed by atoms with E-state index < -0.39 is 0 Å². The van der Waals surface area contributed by atoms with Gasteiger partial charge in [0.2, 0.25) is 0 Å². The van der Waals surface area contributed by atoms with Crippen molar-refractivity contribution in [3.8, 4) is 0 Å². The van der Waals surface area contributed by atoms with Crippen LogP contribution in [0.3, 0.4) is 0 Å². The molecule has 0 aromatic heterocycles. The van der Waals surface area contributed by atoms with E-state index in [9.17, 15) is 4.79 Å². The average Bonchev–Trinajstić information content (AvgIpc) is 2.88. The van der Waals surface area contributed by atoms with Crippen molar-refractivity contribution in [1.29, 1.82) is 0 Å². The highest BCUT2D eigenvalue weighted by Crippen LogP contribution is 2.53. The summed E-state index contributed by atoms with van der Waals surface area (Å²) in [5, 5.41) is 0. The molecular formula is C21H24OS2. The number of hydrogen-bond donors (Lipinski definition) is 0.